The van der Waals surface area contributed by atoms with Gasteiger partial charge < -0.3 is 24.8 Å². The lowest BCUT2D eigenvalue weighted by Crippen LogP contribution is -2.31. The zero-order valence-electron chi connectivity index (χ0n) is 16.5. The van der Waals surface area contributed by atoms with Crippen LogP contribution in [-0.2, 0) is 11.2 Å². The molecule has 1 aliphatic heterocycles. The van der Waals surface area contributed by atoms with Gasteiger partial charge in [-0.05, 0) is 42.7 Å². The first kappa shape index (κ1) is 18.9. The van der Waals surface area contributed by atoms with Crippen LogP contribution < -0.4 is 5.32 Å². The average molecular weight is 405 g/mol. The Morgan fingerprint density at radius 1 is 1.10 bits per heavy atom. The maximum Gasteiger partial charge on any atom is 0.164 e. The molecule has 0 saturated carbocycles. The van der Waals surface area contributed by atoms with Gasteiger partial charge in [0, 0.05) is 30.2 Å². The van der Waals surface area contributed by atoms with Crippen molar-refractivity contribution in [2.45, 2.75) is 37.4 Å². The summed E-state index contributed by atoms with van der Waals surface area (Å²) in [6.45, 7) is 0. The fourth-order valence-corrected chi connectivity index (χ4v) is 4.07. The monoisotopic (exact) mass is 405 g/mol. The van der Waals surface area contributed by atoms with Crippen LogP contribution in [0.1, 0.15) is 18.2 Å². The summed E-state index contributed by atoms with van der Waals surface area (Å²) in [5.74, 6) is 0.822. The van der Waals surface area contributed by atoms with E-state index in [1.807, 2.05) is 31.3 Å². The summed E-state index contributed by atoms with van der Waals surface area (Å²) in [5.41, 5.74) is 2.70. The van der Waals surface area contributed by atoms with E-state index in [9.17, 15) is 10.2 Å². The molecule has 0 spiro atoms. The molecule has 0 bridgehead atoms. The number of nitrogens with one attached hydrogen (secondary N) is 1. The number of aryl methyl sites for hydroxylation is 1. The largest absolute Gasteiger partial charge is 0.388 e. The minimum atomic E-state index is -1.03. The van der Waals surface area contributed by atoms with Crippen LogP contribution in [0.4, 0.5) is 5.82 Å². The molecule has 1 saturated heterocycles. The quantitative estimate of drug-likeness (QED) is 0.468. The average Bonchev–Trinajstić information content (AvgIpc) is 3.33. The molecule has 1 unspecified atom stereocenters. The van der Waals surface area contributed by atoms with E-state index >= 15 is 0 Å². The molecule has 8 heteroatoms. The van der Waals surface area contributed by atoms with E-state index in [1.165, 1.54) is 6.33 Å². The highest BCUT2D eigenvalue weighted by Crippen LogP contribution is 2.33. The van der Waals surface area contributed by atoms with Crippen LogP contribution >= 0.6 is 0 Å². The van der Waals surface area contributed by atoms with Crippen LogP contribution in [-0.4, -0.2) is 55.1 Å². The van der Waals surface area contributed by atoms with Gasteiger partial charge in [-0.25, -0.2) is 15.0 Å². The second-order valence-corrected chi connectivity index (χ2v) is 7.58. The first-order chi connectivity index (χ1) is 14.6. The van der Waals surface area contributed by atoms with Crippen molar-refractivity contribution in [3.63, 3.8) is 0 Å². The minimum absolute atomic E-state index is 0.475. The van der Waals surface area contributed by atoms with Gasteiger partial charge in [-0.15, -0.1) is 0 Å². The number of anilines is 1. The highest BCUT2D eigenvalue weighted by atomic mass is 16.6. The van der Waals surface area contributed by atoms with Gasteiger partial charge in [0.15, 0.2) is 6.23 Å². The summed E-state index contributed by atoms with van der Waals surface area (Å²) in [7, 11) is 1.85. The Morgan fingerprint density at radius 2 is 1.97 bits per heavy atom. The van der Waals surface area contributed by atoms with Gasteiger partial charge in [0.25, 0.3) is 0 Å². The number of hydrogen-bond acceptors (Lipinski definition) is 7. The first-order valence-corrected chi connectivity index (χ1v) is 9.99. The molecule has 3 N–H and O–H groups in total. The van der Waals surface area contributed by atoms with Crippen LogP contribution in [0.3, 0.4) is 0 Å². The Labute approximate surface area is 173 Å². The lowest BCUT2D eigenvalue weighted by atomic mass is 10.0. The summed E-state index contributed by atoms with van der Waals surface area (Å²) < 4.78 is 7.82. The number of ether oxygens (including phenoxy) is 1. The summed E-state index contributed by atoms with van der Waals surface area (Å²) in [6, 6.07) is 12.0. The van der Waals surface area contributed by atoms with E-state index in [0.29, 0.717) is 18.5 Å². The van der Waals surface area contributed by atoms with E-state index in [1.54, 1.807) is 17.0 Å². The van der Waals surface area contributed by atoms with Gasteiger partial charge in [0.1, 0.15) is 30.0 Å². The number of hydrogen-bond donors (Lipinski definition) is 3. The Balaban J connectivity index is 1.32. The Kier molecular flexibility index (Phi) is 4.82. The second-order valence-electron chi connectivity index (χ2n) is 7.58. The molecule has 0 amide bonds. The third-order valence-corrected chi connectivity index (χ3v) is 5.72. The van der Waals surface area contributed by atoms with E-state index < -0.39 is 24.5 Å². The van der Waals surface area contributed by atoms with Crippen molar-refractivity contribution < 1.29 is 14.9 Å². The Morgan fingerprint density at radius 3 is 2.83 bits per heavy atom. The highest BCUT2D eigenvalue weighted by Gasteiger charge is 2.43. The predicted octanol–water partition coefficient (Wildman–Crippen LogP) is 2.27. The summed E-state index contributed by atoms with van der Waals surface area (Å²) in [5, 5.41) is 26.2. The van der Waals surface area contributed by atoms with Crippen molar-refractivity contribution >= 4 is 27.8 Å². The third-order valence-electron chi connectivity index (χ3n) is 5.72. The van der Waals surface area contributed by atoms with E-state index in [2.05, 4.69) is 32.4 Å². The number of rotatable bonds is 5. The van der Waals surface area contributed by atoms with Crippen LogP contribution in [0.25, 0.3) is 21.9 Å². The van der Waals surface area contributed by atoms with E-state index in [0.717, 1.165) is 27.7 Å². The standard InChI is InChI=1S/C22H23N5O3/c1-23-18-7-5-14-4-2-13(10-16(14)26-18)3-6-17-19(28)20(29)22(30-17)27-9-8-15-11-24-12-25-21(15)27/h2,4-5,7-12,17,19-20,22,28-29H,3,6H2,1H3,(H,23,26)/t17-,19?,20-,22-/m1/s1. The maximum absolute atomic E-state index is 10.6. The molecule has 0 aliphatic carbocycles. The zero-order valence-corrected chi connectivity index (χ0v) is 16.5. The van der Waals surface area contributed by atoms with Gasteiger partial charge in [0.05, 0.1) is 11.6 Å². The maximum atomic E-state index is 10.6. The van der Waals surface area contributed by atoms with Crippen LogP contribution in [0.15, 0.2) is 55.1 Å². The summed E-state index contributed by atoms with van der Waals surface area (Å²) >= 11 is 0. The number of aliphatic hydroxyl groups is 2. The predicted molar refractivity (Wildman–Crippen MR) is 113 cm³/mol. The first-order valence-electron chi connectivity index (χ1n) is 9.99. The van der Waals surface area contributed by atoms with Crippen molar-refractivity contribution in [3.05, 3.63) is 60.7 Å². The van der Waals surface area contributed by atoms with Gasteiger partial charge in [-0.2, -0.15) is 0 Å². The smallest absolute Gasteiger partial charge is 0.164 e. The SMILES string of the molecule is CNc1ccc2ccc(CC[C@H]3O[C@@H](n4ccc5cncnc54)[C@H](O)C3O)cc2n1. The molecule has 3 aromatic heterocycles. The molecule has 4 heterocycles. The van der Waals surface area contributed by atoms with Crippen molar-refractivity contribution in [2.75, 3.05) is 12.4 Å². The number of fused-ring (bicyclic) bond motifs is 2. The molecule has 154 valence electrons. The number of aliphatic hydroxyl groups excluding tert-OH is 2. The summed E-state index contributed by atoms with van der Waals surface area (Å²) in [6.07, 6.45) is 3.10. The molecule has 1 aliphatic rings. The number of benzene rings is 1. The van der Waals surface area contributed by atoms with Crippen LogP contribution in [0.5, 0.6) is 0 Å². The fourth-order valence-electron chi connectivity index (χ4n) is 4.07. The zero-order chi connectivity index (χ0) is 20.7. The second kappa shape index (κ2) is 7.64. The molecule has 8 nitrogen and oxygen atoms in total. The van der Waals surface area contributed by atoms with Gasteiger partial charge in [0.2, 0.25) is 0 Å². The van der Waals surface area contributed by atoms with E-state index in [4.69, 9.17) is 4.74 Å². The van der Waals surface area contributed by atoms with Crippen molar-refractivity contribution in [1.82, 2.24) is 19.5 Å². The molecular weight excluding hydrogens is 382 g/mol. The normalized spacial score (nSPS) is 24.0. The number of pyridine rings is 1. The van der Waals surface area contributed by atoms with Crippen molar-refractivity contribution in [2.24, 2.45) is 0 Å². The Bertz CT molecular complexity index is 1190. The lowest BCUT2D eigenvalue weighted by Gasteiger charge is -2.17. The molecule has 4 aromatic rings. The number of nitrogens with zero attached hydrogens (tertiary/aromatic N) is 4. The van der Waals surface area contributed by atoms with Gasteiger partial charge >= 0.3 is 0 Å². The van der Waals surface area contributed by atoms with E-state index in [-0.39, 0.29) is 0 Å². The topological polar surface area (TPSA) is 105 Å². The molecule has 0 radical (unpaired) electrons. The minimum Gasteiger partial charge on any atom is -0.388 e. The van der Waals surface area contributed by atoms with Crippen LogP contribution in [0.2, 0.25) is 0 Å². The molecule has 1 aromatic carbocycles. The highest BCUT2D eigenvalue weighted by molar-refractivity contribution is 5.81. The van der Waals surface area contributed by atoms with Gasteiger partial charge in [-0.3, -0.25) is 0 Å². The Hall–Kier alpha value is -3.07. The molecule has 30 heavy (non-hydrogen) atoms. The van der Waals surface area contributed by atoms with Crippen LogP contribution in [0, 0.1) is 0 Å². The van der Waals surface area contributed by atoms with Crippen molar-refractivity contribution in [1.29, 1.82) is 0 Å². The number of aromatic nitrogens is 4. The molecule has 5 rings (SSSR count). The third kappa shape index (κ3) is 3.28. The fraction of sp³-hybridized carbons (Fsp3) is 0.318. The molecule has 4 atom stereocenters. The summed E-state index contributed by atoms with van der Waals surface area (Å²) in [4.78, 5) is 12.9. The van der Waals surface area contributed by atoms with Gasteiger partial charge in [-0.1, -0.05) is 12.1 Å². The molecule has 1 fully saturated rings. The molecular formula is C22H23N5O3. The lowest BCUT2D eigenvalue weighted by molar-refractivity contribution is -0.0364. The van der Waals surface area contributed by atoms with Crippen molar-refractivity contribution in [3.8, 4) is 0 Å².